The van der Waals surface area contributed by atoms with Crippen LogP contribution < -0.4 is 10.1 Å². The van der Waals surface area contributed by atoms with E-state index in [0.29, 0.717) is 18.7 Å². The monoisotopic (exact) mass is 521 g/mol. The highest BCUT2D eigenvalue weighted by molar-refractivity contribution is 14.0. The van der Waals surface area contributed by atoms with E-state index in [9.17, 15) is 5.11 Å². The highest BCUT2D eigenvalue weighted by atomic mass is 127. The maximum atomic E-state index is 10.3. The molecule has 1 heterocycles. The average Bonchev–Trinajstić information content (AvgIpc) is 2.76. The molecule has 1 fully saturated rings. The molecule has 0 atom stereocenters. The predicted octanol–water partition coefficient (Wildman–Crippen LogP) is 4.71. The Balaban J connectivity index is 0.00000320. The van der Waals surface area contributed by atoms with Gasteiger partial charge in [-0.1, -0.05) is 54.1 Å². The zero-order valence-electron chi connectivity index (χ0n) is 17.8. The van der Waals surface area contributed by atoms with Crippen LogP contribution in [0.1, 0.15) is 30.9 Å². The van der Waals surface area contributed by atoms with Gasteiger partial charge in [-0.05, 0) is 43.4 Å². The molecule has 6 heteroatoms. The Labute approximate surface area is 196 Å². The summed E-state index contributed by atoms with van der Waals surface area (Å²) < 4.78 is 5.19. The van der Waals surface area contributed by atoms with E-state index in [0.717, 1.165) is 44.0 Å². The van der Waals surface area contributed by atoms with E-state index in [1.807, 2.05) is 12.1 Å². The number of benzene rings is 2. The van der Waals surface area contributed by atoms with Gasteiger partial charge in [0.1, 0.15) is 0 Å². The van der Waals surface area contributed by atoms with E-state index in [1.54, 1.807) is 13.2 Å². The number of nitrogens with zero attached hydrogens (tertiary/aromatic N) is 2. The standard InChI is InChI=1S/C24H31N3O2.HI/c1-3-25-24(26-15-12-21-10-7-11-22(29-2)23(21)28)27-16-13-20(14-17-27)18-19-8-5-4-6-9-19;/h4-11,18,28H,3,12-17H2,1-2H3,(H,25,26);1H. The normalized spacial score (nSPS) is 14.1. The lowest BCUT2D eigenvalue weighted by Gasteiger charge is -2.31. The number of rotatable bonds is 6. The summed E-state index contributed by atoms with van der Waals surface area (Å²) in [5.41, 5.74) is 3.62. The van der Waals surface area contributed by atoms with Crippen LogP contribution >= 0.6 is 24.0 Å². The number of guanidine groups is 1. The van der Waals surface area contributed by atoms with Crippen LogP contribution in [0.3, 0.4) is 0 Å². The first kappa shape index (κ1) is 24.1. The molecule has 1 aliphatic heterocycles. The Hall–Kier alpha value is -2.22. The number of nitrogens with one attached hydrogen (secondary N) is 1. The molecule has 3 rings (SSSR count). The molecule has 30 heavy (non-hydrogen) atoms. The van der Waals surface area contributed by atoms with Gasteiger partial charge in [0.05, 0.1) is 7.11 Å². The quantitative estimate of drug-likeness (QED) is 0.329. The summed E-state index contributed by atoms with van der Waals surface area (Å²) in [5.74, 6) is 1.67. The topological polar surface area (TPSA) is 57.1 Å². The molecule has 0 bridgehead atoms. The molecular formula is C24H32IN3O2. The first-order valence-corrected chi connectivity index (χ1v) is 10.3. The lowest BCUT2D eigenvalue weighted by molar-refractivity contribution is 0.370. The van der Waals surface area contributed by atoms with Crippen LogP contribution in [-0.4, -0.2) is 49.3 Å². The van der Waals surface area contributed by atoms with Gasteiger partial charge in [0.25, 0.3) is 0 Å². The van der Waals surface area contributed by atoms with Gasteiger partial charge in [-0.25, -0.2) is 0 Å². The van der Waals surface area contributed by atoms with Gasteiger partial charge in [0.2, 0.25) is 0 Å². The van der Waals surface area contributed by atoms with Crippen molar-refractivity contribution in [3.05, 3.63) is 65.2 Å². The summed E-state index contributed by atoms with van der Waals surface area (Å²) in [5, 5.41) is 13.7. The lowest BCUT2D eigenvalue weighted by atomic mass is 10.0. The molecule has 5 nitrogen and oxygen atoms in total. The number of halogens is 1. The fourth-order valence-electron chi connectivity index (χ4n) is 3.58. The van der Waals surface area contributed by atoms with Crippen molar-refractivity contribution in [2.75, 3.05) is 33.3 Å². The summed E-state index contributed by atoms with van der Waals surface area (Å²) in [4.78, 5) is 7.13. The van der Waals surface area contributed by atoms with Crippen LogP contribution in [0.15, 0.2) is 59.1 Å². The number of piperidine rings is 1. The molecule has 162 valence electrons. The molecule has 2 aromatic rings. The summed E-state index contributed by atoms with van der Waals surface area (Å²) in [6.07, 6.45) is 5.09. The van der Waals surface area contributed by atoms with Gasteiger partial charge >= 0.3 is 0 Å². The van der Waals surface area contributed by atoms with Gasteiger partial charge in [-0.2, -0.15) is 0 Å². The fourth-order valence-corrected chi connectivity index (χ4v) is 3.58. The van der Waals surface area contributed by atoms with Gasteiger partial charge < -0.3 is 20.1 Å². The Morgan fingerprint density at radius 1 is 1.13 bits per heavy atom. The number of phenols is 1. The molecule has 1 saturated heterocycles. The summed E-state index contributed by atoms with van der Waals surface area (Å²) >= 11 is 0. The smallest absolute Gasteiger partial charge is 0.193 e. The minimum Gasteiger partial charge on any atom is -0.504 e. The number of hydrogen-bond donors (Lipinski definition) is 2. The second-order valence-electron chi connectivity index (χ2n) is 7.15. The number of para-hydroxylation sites is 1. The van der Waals surface area contributed by atoms with Gasteiger partial charge in [-0.15, -0.1) is 24.0 Å². The van der Waals surface area contributed by atoms with E-state index in [4.69, 9.17) is 9.73 Å². The maximum absolute atomic E-state index is 10.3. The molecule has 0 saturated carbocycles. The first-order chi connectivity index (χ1) is 14.2. The van der Waals surface area contributed by atoms with Crippen molar-refractivity contribution in [1.29, 1.82) is 0 Å². The predicted molar refractivity (Wildman–Crippen MR) is 135 cm³/mol. The van der Waals surface area contributed by atoms with Crippen LogP contribution in [0.4, 0.5) is 0 Å². The number of phenolic OH excluding ortho intramolecular Hbond substituents is 1. The molecular weight excluding hydrogens is 489 g/mol. The molecule has 0 amide bonds. The number of ether oxygens (including phenoxy) is 1. The molecule has 0 spiro atoms. The van der Waals surface area contributed by atoms with E-state index < -0.39 is 0 Å². The van der Waals surface area contributed by atoms with Gasteiger partial charge in [0.15, 0.2) is 17.5 Å². The Morgan fingerprint density at radius 3 is 2.53 bits per heavy atom. The van der Waals surface area contributed by atoms with E-state index in [2.05, 4.69) is 53.5 Å². The third-order valence-corrected chi connectivity index (χ3v) is 5.16. The highest BCUT2D eigenvalue weighted by Crippen LogP contribution is 2.29. The summed E-state index contributed by atoms with van der Waals surface area (Å²) in [7, 11) is 1.57. The highest BCUT2D eigenvalue weighted by Gasteiger charge is 2.17. The van der Waals surface area contributed by atoms with Crippen molar-refractivity contribution in [2.24, 2.45) is 4.99 Å². The second-order valence-corrected chi connectivity index (χ2v) is 7.15. The third-order valence-electron chi connectivity index (χ3n) is 5.16. The lowest BCUT2D eigenvalue weighted by Crippen LogP contribution is -2.44. The third kappa shape index (κ3) is 6.65. The SMILES string of the molecule is CCNC(=NCCc1cccc(OC)c1O)N1CCC(=Cc2ccccc2)CC1.I. The van der Waals surface area contributed by atoms with Crippen molar-refractivity contribution >= 4 is 36.0 Å². The van der Waals surface area contributed by atoms with Crippen molar-refractivity contribution in [3.8, 4) is 11.5 Å². The number of aromatic hydroxyl groups is 1. The zero-order chi connectivity index (χ0) is 20.5. The summed E-state index contributed by atoms with van der Waals surface area (Å²) in [6.45, 7) is 5.48. The van der Waals surface area contributed by atoms with Crippen molar-refractivity contribution in [3.63, 3.8) is 0 Å². The fraction of sp³-hybridized carbons (Fsp3) is 0.375. The molecule has 2 N–H and O–H groups in total. The van der Waals surface area contributed by atoms with E-state index in [-0.39, 0.29) is 29.7 Å². The largest absolute Gasteiger partial charge is 0.504 e. The minimum absolute atomic E-state index is 0. The van der Waals surface area contributed by atoms with Crippen LogP contribution in [-0.2, 0) is 6.42 Å². The van der Waals surface area contributed by atoms with E-state index >= 15 is 0 Å². The van der Waals surface area contributed by atoms with Crippen molar-refractivity contribution in [1.82, 2.24) is 10.2 Å². The number of aliphatic imine (C=N–C) groups is 1. The maximum Gasteiger partial charge on any atom is 0.193 e. The molecule has 0 aliphatic carbocycles. The molecule has 0 aromatic heterocycles. The Morgan fingerprint density at radius 2 is 1.87 bits per heavy atom. The average molecular weight is 521 g/mol. The van der Waals surface area contributed by atoms with Crippen molar-refractivity contribution in [2.45, 2.75) is 26.2 Å². The van der Waals surface area contributed by atoms with Crippen LogP contribution in [0, 0.1) is 0 Å². The van der Waals surface area contributed by atoms with Crippen molar-refractivity contribution < 1.29 is 9.84 Å². The summed E-state index contributed by atoms with van der Waals surface area (Å²) in [6, 6.07) is 16.1. The molecule has 1 aliphatic rings. The molecule has 0 radical (unpaired) electrons. The van der Waals surface area contributed by atoms with Crippen LogP contribution in [0.2, 0.25) is 0 Å². The Bertz CT molecular complexity index is 843. The molecule has 2 aromatic carbocycles. The molecule has 0 unspecified atom stereocenters. The second kappa shape index (κ2) is 12.5. The number of likely N-dealkylation sites (tertiary alicyclic amines) is 1. The number of hydrogen-bond acceptors (Lipinski definition) is 3. The van der Waals surface area contributed by atoms with Crippen LogP contribution in [0.5, 0.6) is 11.5 Å². The van der Waals surface area contributed by atoms with Gasteiger partial charge in [-0.3, -0.25) is 4.99 Å². The Kier molecular flexibility index (Phi) is 10.00. The zero-order valence-corrected chi connectivity index (χ0v) is 20.1. The minimum atomic E-state index is 0. The first-order valence-electron chi connectivity index (χ1n) is 10.3. The van der Waals surface area contributed by atoms with E-state index in [1.165, 1.54) is 11.1 Å². The number of methoxy groups -OCH3 is 1. The van der Waals surface area contributed by atoms with Gasteiger partial charge in [0, 0.05) is 26.2 Å². The van der Waals surface area contributed by atoms with Crippen LogP contribution in [0.25, 0.3) is 6.08 Å².